The fraction of sp³-hybridized carbons (Fsp3) is 0.800. The van der Waals surface area contributed by atoms with Crippen LogP contribution in [-0.4, -0.2) is 53.4 Å². The number of hydrogen-bond acceptors (Lipinski definition) is 7. The molecule has 0 radical (unpaired) electrons. The smallest absolute Gasteiger partial charge is 0.408 e. The summed E-state index contributed by atoms with van der Waals surface area (Å²) in [7, 11) is -3.58. The molecule has 0 saturated carbocycles. The lowest BCUT2D eigenvalue weighted by molar-refractivity contribution is -0.00438. The lowest BCUT2D eigenvalue weighted by atomic mass is 9.96. The Morgan fingerprint density at radius 3 is 2.29 bits per heavy atom. The van der Waals surface area contributed by atoms with Crippen LogP contribution >= 0.6 is 7.60 Å². The van der Waals surface area contributed by atoms with Crippen molar-refractivity contribution in [2.45, 2.75) is 64.9 Å². The maximum Gasteiger partial charge on any atom is 0.408 e. The topological polar surface area (TPSA) is 114 Å². The van der Waals surface area contributed by atoms with Crippen LogP contribution in [0.25, 0.3) is 0 Å². The van der Waals surface area contributed by atoms with E-state index in [-0.39, 0.29) is 24.9 Å². The maximum atomic E-state index is 12.8. The molecule has 1 rings (SSSR count). The highest BCUT2D eigenvalue weighted by atomic mass is 31.2. The standard InChI is InChI=1S/C15H28NO7P/c1-6-21-24(20,22-7-2)10-8-11(13(18)12(17)9-10)16-14(19)23-15(3,4)5/h8,11-13,17-18H,6-7,9H2,1-5H3,(H,16,19)/t11-,12+,13+/m0/s1. The summed E-state index contributed by atoms with van der Waals surface area (Å²) in [6.45, 7) is 8.80. The molecule has 140 valence electrons. The monoisotopic (exact) mass is 365 g/mol. The molecule has 0 aromatic heterocycles. The van der Waals surface area contributed by atoms with Crippen molar-refractivity contribution in [1.82, 2.24) is 5.32 Å². The van der Waals surface area contributed by atoms with Crippen LogP contribution < -0.4 is 5.32 Å². The van der Waals surface area contributed by atoms with E-state index in [0.29, 0.717) is 0 Å². The molecule has 3 atom stereocenters. The van der Waals surface area contributed by atoms with Gasteiger partial charge in [0.05, 0.1) is 25.4 Å². The number of alkyl carbamates (subject to hydrolysis) is 1. The summed E-state index contributed by atoms with van der Waals surface area (Å²) in [4.78, 5) is 11.9. The molecule has 8 nitrogen and oxygen atoms in total. The van der Waals surface area contributed by atoms with Crippen LogP contribution in [-0.2, 0) is 18.3 Å². The number of carbonyl (C=O) groups is 1. The number of rotatable bonds is 6. The van der Waals surface area contributed by atoms with Gasteiger partial charge in [0.2, 0.25) is 0 Å². The Bertz CT molecular complexity index is 504. The molecule has 3 N–H and O–H groups in total. The number of carbonyl (C=O) groups excluding carboxylic acids is 1. The van der Waals surface area contributed by atoms with E-state index in [9.17, 15) is 19.6 Å². The molecule has 0 fully saturated rings. The average molecular weight is 365 g/mol. The van der Waals surface area contributed by atoms with Gasteiger partial charge >= 0.3 is 13.7 Å². The number of hydrogen-bond donors (Lipinski definition) is 3. The fourth-order valence-corrected chi connectivity index (χ4v) is 4.10. The molecule has 1 amide bonds. The highest BCUT2D eigenvalue weighted by Gasteiger charge is 2.40. The lowest BCUT2D eigenvalue weighted by Crippen LogP contribution is -2.50. The van der Waals surface area contributed by atoms with Crippen LogP contribution in [0.2, 0.25) is 0 Å². The van der Waals surface area contributed by atoms with E-state index < -0.39 is 37.5 Å². The summed E-state index contributed by atoms with van der Waals surface area (Å²) in [6, 6.07) is -0.965. The number of ether oxygens (including phenoxy) is 1. The molecule has 0 aliphatic heterocycles. The Kier molecular flexibility index (Phi) is 7.44. The van der Waals surface area contributed by atoms with Gasteiger partial charge in [-0.3, -0.25) is 4.57 Å². The Labute approximate surface area is 142 Å². The van der Waals surface area contributed by atoms with Crippen molar-refractivity contribution in [3.63, 3.8) is 0 Å². The minimum Gasteiger partial charge on any atom is -0.444 e. The summed E-state index contributed by atoms with van der Waals surface area (Å²) in [5, 5.41) is 22.8. The normalized spacial score (nSPS) is 25.1. The first-order chi connectivity index (χ1) is 11.0. The number of aliphatic hydroxyl groups is 2. The summed E-state index contributed by atoms with van der Waals surface area (Å²) < 4.78 is 28.5. The molecule has 1 aliphatic carbocycles. The molecule has 0 heterocycles. The number of aliphatic hydroxyl groups excluding tert-OH is 2. The van der Waals surface area contributed by atoms with Crippen LogP contribution in [0, 0.1) is 0 Å². The van der Waals surface area contributed by atoms with Crippen molar-refractivity contribution in [2.24, 2.45) is 0 Å². The van der Waals surface area contributed by atoms with Crippen molar-refractivity contribution in [1.29, 1.82) is 0 Å². The minimum absolute atomic E-state index is 0.0645. The molecular formula is C15H28NO7P. The zero-order chi connectivity index (χ0) is 18.5. The second-order valence-electron chi connectivity index (χ2n) is 6.43. The molecule has 9 heteroatoms. The Hall–Kier alpha value is -0.920. The highest BCUT2D eigenvalue weighted by molar-refractivity contribution is 7.58. The van der Waals surface area contributed by atoms with Gasteiger partial charge in [0.15, 0.2) is 0 Å². The van der Waals surface area contributed by atoms with Crippen LogP contribution in [0.4, 0.5) is 4.79 Å². The van der Waals surface area contributed by atoms with Gasteiger partial charge < -0.3 is 29.3 Å². The fourth-order valence-electron chi connectivity index (χ4n) is 2.27. The van der Waals surface area contributed by atoms with E-state index in [2.05, 4.69) is 5.32 Å². The third-order valence-electron chi connectivity index (χ3n) is 3.19. The average Bonchev–Trinajstić information content (AvgIpc) is 2.42. The van der Waals surface area contributed by atoms with Gasteiger partial charge in [-0.25, -0.2) is 4.79 Å². The van der Waals surface area contributed by atoms with E-state index in [1.54, 1.807) is 34.6 Å². The number of nitrogens with one attached hydrogen (secondary N) is 1. The van der Waals surface area contributed by atoms with Gasteiger partial charge in [-0.1, -0.05) is 0 Å². The SMILES string of the molecule is CCOP(=O)(OCC)C1=C[C@H](NC(=O)OC(C)(C)C)[C@@H](O)[C@H](O)C1. The quantitative estimate of drug-likeness (QED) is 0.618. The van der Waals surface area contributed by atoms with Gasteiger partial charge in [0.25, 0.3) is 0 Å². The van der Waals surface area contributed by atoms with E-state index >= 15 is 0 Å². The summed E-state index contributed by atoms with van der Waals surface area (Å²) in [5.41, 5.74) is -0.708. The van der Waals surface area contributed by atoms with Crippen molar-refractivity contribution in [3.05, 3.63) is 11.4 Å². The predicted molar refractivity (Wildman–Crippen MR) is 88.7 cm³/mol. The Morgan fingerprint density at radius 1 is 1.29 bits per heavy atom. The molecule has 0 saturated heterocycles. The molecule has 1 aliphatic rings. The van der Waals surface area contributed by atoms with Crippen LogP contribution in [0.3, 0.4) is 0 Å². The van der Waals surface area contributed by atoms with Gasteiger partial charge in [0, 0.05) is 11.7 Å². The van der Waals surface area contributed by atoms with Crippen molar-refractivity contribution in [2.75, 3.05) is 13.2 Å². The molecule has 0 unspecified atom stereocenters. The van der Waals surface area contributed by atoms with E-state index in [1.165, 1.54) is 6.08 Å². The van der Waals surface area contributed by atoms with Gasteiger partial charge in [-0.05, 0) is 40.7 Å². The van der Waals surface area contributed by atoms with Crippen LogP contribution in [0.15, 0.2) is 11.4 Å². The second kappa shape index (κ2) is 8.45. The second-order valence-corrected chi connectivity index (χ2v) is 8.51. The predicted octanol–water partition coefficient (Wildman–Crippen LogP) is 2.16. The molecular weight excluding hydrogens is 337 g/mol. The zero-order valence-electron chi connectivity index (χ0n) is 14.8. The molecule has 0 spiro atoms. The molecule has 24 heavy (non-hydrogen) atoms. The first-order valence-electron chi connectivity index (χ1n) is 7.98. The Balaban J connectivity index is 3.01. The lowest BCUT2D eigenvalue weighted by Gasteiger charge is -2.33. The van der Waals surface area contributed by atoms with E-state index in [0.717, 1.165) is 0 Å². The van der Waals surface area contributed by atoms with Crippen LogP contribution in [0.1, 0.15) is 41.0 Å². The molecule has 0 bridgehead atoms. The van der Waals surface area contributed by atoms with Crippen molar-refractivity contribution < 1.29 is 33.4 Å². The third-order valence-corrected chi connectivity index (χ3v) is 5.42. The van der Waals surface area contributed by atoms with Crippen molar-refractivity contribution >= 4 is 13.7 Å². The first kappa shape index (κ1) is 21.1. The third kappa shape index (κ3) is 5.86. The maximum absolute atomic E-state index is 12.8. The largest absolute Gasteiger partial charge is 0.444 e. The van der Waals surface area contributed by atoms with E-state index in [1.807, 2.05) is 0 Å². The highest BCUT2D eigenvalue weighted by Crippen LogP contribution is 2.58. The Morgan fingerprint density at radius 2 is 1.83 bits per heavy atom. The van der Waals surface area contributed by atoms with Gasteiger partial charge in [-0.2, -0.15) is 0 Å². The van der Waals surface area contributed by atoms with Crippen LogP contribution in [0.5, 0.6) is 0 Å². The summed E-state index contributed by atoms with van der Waals surface area (Å²) in [6.07, 6.45) is -1.87. The van der Waals surface area contributed by atoms with E-state index in [4.69, 9.17) is 13.8 Å². The summed E-state index contributed by atoms with van der Waals surface area (Å²) in [5.74, 6) is 0. The number of amides is 1. The zero-order valence-corrected chi connectivity index (χ0v) is 15.7. The molecule has 0 aromatic carbocycles. The first-order valence-corrected chi connectivity index (χ1v) is 9.52. The van der Waals surface area contributed by atoms with Gasteiger partial charge in [0.1, 0.15) is 11.7 Å². The molecule has 0 aromatic rings. The van der Waals surface area contributed by atoms with Crippen molar-refractivity contribution in [3.8, 4) is 0 Å². The minimum atomic E-state index is -3.58. The summed E-state index contributed by atoms with van der Waals surface area (Å²) >= 11 is 0. The van der Waals surface area contributed by atoms with Gasteiger partial charge in [-0.15, -0.1) is 0 Å².